The van der Waals surface area contributed by atoms with Gasteiger partial charge in [0.15, 0.2) is 0 Å². The van der Waals surface area contributed by atoms with Gasteiger partial charge in [-0.15, -0.1) is 11.6 Å². The first-order valence-electron chi connectivity index (χ1n) is 3.88. The van der Waals surface area contributed by atoms with Crippen molar-refractivity contribution in [1.82, 2.24) is 0 Å². The number of alkyl halides is 1. The fourth-order valence-corrected chi connectivity index (χ4v) is 2.36. The zero-order valence-corrected chi connectivity index (χ0v) is 11.1. The lowest BCUT2D eigenvalue weighted by Gasteiger charge is -2.07. The van der Waals surface area contributed by atoms with Crippen molar-refractivity contribution in [1.29, 1.82) is 0 Å². The Labute approximate surface area is 104 Å². The first-order chi connectivity index (χ1) is 6.50. The predicted octanol–water partition coefficient (Wildman–Crippen LogP) is 2.85. The van der Waals surface area contributed by atoms with Crippen LogP contribution in [0.25, 0.3) is 0 Å². The number of hydrogen-bond donors (Lipinski definition) is 1. The molecule has 0 heterocycles. The summed E-state index contributed by atoms with van der Waals surface area (Å²) in [5.74, 6) is -0.499. The Kier molecular flexibility index (Phi) is 4.41. The third kappa shape index (κ3) is 3.26. The number of amides is 1. The minimum absolute atomic E-state index is 0.435. The van der Waals surface area contributed by atoms with Crippen LogP contribution in [0.5, 0.6) is 0 Å². The number of primary amides is 1. The van der Waals surface area contributed by atoms with Gasteiger partial charge in [-0.05, 0) is 24.1 Å². The summed E-state index contributed by atoms with van der Waals surface area (Å²) in [6.07, 6.45) is 0.435. The average Bonchev–Trinajstić information content (AvgIpc) is 2.09. The predicted molar refractivity (Wildman–Crippen MR) is 64.4 cm³/mol. The molecule has 0 saturated carbocycles. The quantitative estimate of drug-likeness (QED) is 0.844. The highest BCUT2D eigenvalue weighted by Gasteiger charge is 2.13. The van der Waals surface area contributed by atoms with E-state index in [-0.39, 0.29) is 0 Å². The molecule has 0 saturated heterocycles. The second-order valence-corrected chi connectivity index (χ2v) is 5.11. The lowest BCUT2D eigenvalue weighted by Crippen LogP contribution is -2.25. The molecule has 0 aliphatic carbocycles. The number of nitrogens with two attached hydrogens (primary N) is 1. The monoisotopic (exact) mass is 339 g/mol. The highest BCUT2D eigenvalue weighted by Crippen LogP contribution is 2.23. The summed E-state index contributed by atoms with van der Waals surface area (Å²) in [6.45, 7) is 0. The van der Waals surface area contributed by atoms with Gasteiger partial charge in [-0.3, -0.25) is 4.79 Å². The Hall–Kier alpha value is -0.0600. The van der Waals surface area contributed by atoms with Crippen LogP contribution < -0.4 is 5.73 Å². The molecule has 1 amide bonds. The second kappa shape index (κ2) is 5.14. The van der Waals surface area contributed by atoms with Gasteiger partial charge in [-0.1, -0.05) is 37.9 Å². The summed E-state index contributed by atoms with van der Waals surface area (Å²) in [7, 11) is 0. The first kappa shape index (κ1) is 12.0. The molecule has 2 N–H and O–H groups in total. The zero-order valence-electron chi connectivity index (χ0n) is 7.14. The third-order valence-electron chi connectivity index (χ3n) is 1.72. The molecule has 76 valence electrons. The third-order valence-corrected chi connectivity index (χ3v) is 3.32. The number of carbonyl (C=O) groups excluding carboxylic acids is 1. The smallest absolute Gasteiger partial charge is 0.235 e. The van der Waals surface area contributed by atoms with Gasteiger partial charge in [0, 0.05) is 8.95 Å². The molecular formula is C9H8Br2ClNO. The number of hydrogen-bond acceptors (Lipinski definition) is 1. The van der Waals surface area contributed by atoms with Gasteiger partial charge in [-0.2, -0.15) is 0 Å². The van der Waals surface area contributed by atoms with Gasteiger partial charge in [0.25, 0.3) is 0 Å². The number of benzene rings is 1. The van der Waals surface area contributed by atoms with E-state index in [9.17, 15) is 4.79 Å². The van der Waals surface area contributed by atoms with E-state index in [0.29, 0.717) is 6.42 Å². The molecule has 0 aliphatic heterocycles. The van der Waals surface area contributed by atoms with Crippen LogP contribution in [0, 0.1) is 0 Å². The number of rotatable bonds is 3. The minimum atomic E-state index is -0.660. The maximum atomic E-state index is 10.7. The van der Waals surface area contributed by atoms with Crippen molar-refractivity contribution in [2.75, 3.05) is 0 Å². The van der Waals surface area contributed by atoms with Crippen LogP contribution in [0.2, 0.25) is 0 Å². The van der Waals surface area contributed by atoms with E-state index in [2.05, 4.69) is 31.9 Å². The van der Waals surface area contributed by atoms with Crippen LogP contribution in [0.1, 0.15) is 5.56 Å². The minimum Gasteiger partial charge on any atom is -0.368 e. The summed E-state index contributed by atoms with van der Waals surface area (Å²) in [5.41, 5.74) is 6.03. The maximum absolute atomic E-state index is 10.7. The molecule has 0 radical (unpaired) electrons. The second-order valence-electron chi connectivity index (χ2n) is 2.81. The molecule has 1 aromatic rings. The summed E-state index contributed by atoms with van der Waals surface area (Å²) in [5, 5.41) is -0.660. The Bertz CT molecular complexity index is 357. The van der Waals surface area contributed by atoms with Crippen molar-refractivity contribution in [2.45, 2.75) is 11.8 Å². The van der Waals surface area contributed by atoms with Crippen molar-refractivity contribution >= 4 is 49.4 Å². The standard InChI is InChI=1S/C9H8Br2ClNO/c10-6-2-1-5(7(11)4-6)3-8(12)9(13)14/h1-2,4,8H,3H2,(H2,13,14). The van der Waals surface area contributed by atoms with Crippen LogP contribution in [-0.4, -0.2) is 11.3 Å². The van der Waals surface area contributed by atoms with Crippen LogP contribution in [-0.2, 0) is 11.2 Å². The molecule has 0 aliphatic rings. The van der Waals surface area contributed by atoms with E-state index >= 15 is 0 Å². The van der Waals surface area contributed by atoms with Crippen LogP contribution in [0.3, 0.4) is 0 Å². The molecule has 0 fully saturated rings. The largest absolute Gasteiger partial charge is 0.368 e. The Morgan fingerprint density at radius 1 is 1.50 bits per heavy atom. The molecule has 2 nitrogen and oxygen atoms in total. The molecule has 1 rings (SSSR count). The van der Waals surface area contributed by atoms with Gasteiger partial charge in [0.05, 0.1) is 0 Å². The molecule has 1 unspecified atom stereocenters. The lowest BCUT2D eigenvalue weighted by molar-refractivity contribution is -0.117. The van der Waals surface area contributed by atoms with E-state index in [1.54, 1.807) is 0 Å². The highest BCUT2D eigenvalue weighted by molar-refractivity contribution is 9.11. The summed E-state index contributed by atoms with van der Waals surface area (Å²) < 4.78 is 1.89. The van der Waals surface area contributed by atoms with Crippen molar-refractivity contribution in [2.24, 2.45) is 5.73 Å². The van der Waals surface area contributed by atoms with Gasteiger partial charge in [0.1, 0.15) is 5.38 Å². The Morgan fingerprint density at radius 2 is 2.14 bits per heavy atom. The van der Waals surface area contributed by atoms with E-state index in [4.69, 9.17) is 17.3 Å². The molecule has 1 atom stereocenters. The van der Waals surface area contributed by atoms with E-state index in [0.717, 1.165) is 14.5 Å². The van der Waals surface area contributed by atoms with Crippen molar-refractivity contribution in [3.8, 4) is 0 Å². The number of carbonyl (C=O) groups is 1. The molecule has 5 heteroatoms. The molecule has 0 aromatic heterocycles. The zero-order chi connectivity index (χ0) is 10.7. The SMILES string of the molecule is NC(=O)C(Cl)Cc1ccc(Br)cc1Br. The van der Waals surface area contributed by atoms with E-state index < -0.39 is 11.3 Å². The van der Waals surface area contributed by atoms with Gasteiger partial charge < -0.3 is 5.73 Å². The molecule has 14 heavy (non-hydrogen) atoms. The molecular weight excluding hydrogens is 333 g/mol. The summed E-state index contributed by atoms with van der Waals surface area (Å²) in [6, 6.07) is 5.69. The summed E-state index contributed by atoms with van der Waals surface area (Å²) >= 11 is 12.5. The van der Waals surface area contributed by atoms with Crippen LogP contribution in [0.15, 0.2) is 27.1 Å². The lowest BCUT2D eigenvalue weighted by atomic mass is 10.1. The molecule has 1 aromatic carbocycles. The molecule has 0 bridgehead atoms. The van der Waals surface area contributed by atoms with E-state index in [1.807, 2.05) is 18.2 Å². The van der Waals surface area contributed by atoms with Crippen molar-refractivity contribution in [3.63, 3.8) is 0 Å². The van der Waals surface area contributed by atoms with Crippen molar-refractivity contribution < 1.29 is 4.79 Å². The average molecular weight is 341 g/mol. The molecule has 0 spiro atoms. The fraction of sp³-hybridized carbons (Fsp3) is 0.222. The fourth-order valence-electron chi connectivity index (χ4n) is 0.981. The first-order valence-corrected chi connectivity index (χ1v) is 5.90. The van der Waals surface area contributed by atoms with E-state index in [1.165, 1.54) is 0 Å². The van der Waals surface area contributed by atoms with Gasteiger partial charge >= 0.3 is 0 Å². The topological polar surface area (TPSA) is 43.1 Å². The van der Waals surface area contributed by atoms with Crippen molar-refractivity contribution in [3.05, 3.63) is 32.7 Å². The Morgan fingerprint density at radius 3 is 2.64 bits per heavy atom. The van der Waals surface area contributed by atoms with Crippen LogP contribution in [0.4, 0.5) is 0 Å². The number of halogens is 3. The Balaban J connectivity index is 2.82. The van der Waals surface area contributed by atoms with Gasteiger partial charge in [-0.25, -0.2) is 0 Å². The van der Waals surface area contributed by atoms with Crippen LogP contribution >= 0.6 is 43.5 Å². The highest BCUT2D eigenvalue weighted by atomic mass is 79.9. The van der Waals surface area contributed by atoms with Gasteiger partial charge in [0.2, 0.25) is 5.91 Å². The maximum Gasteiger partial charge on any atom is 0.235 e. The normalized spacial score (nSPS) is 12.5. The summed E-state index contributed by atoms with van der Waals surface area (Å²) in [4.78, 5) is 10.7.